The Morgan fingerprint density at radius 2 is 1.97 bits per heavy atom. The smallest absolute Gasteiger partial charge is 0.268 e. The molecule has 0 bridgehead atoms. The van der Waals surface area contributed by atoms with Crippen molar-refractivity contribution in [3.05, 3.63) is 50.1 Å². The number of likely N-dealkylation sites (N-methyl/N-ethyl adjacent to an activating group) is 1. The summed E-state index contributed by atoms with van der Waals surface area (Å²) in [6.07, 6.45) is -0.517. The van der Waals surface area contributed by atoms with E-state index in [1.54, 1.807) is 52.9 Å². The lowest BCUT2D eigenvalue weighted by molar-refractivity contribution is 0.177. The molecule has 2 aromatic heterocycles. The molecule has 7 nitrogen and oxygen atoms in total. The van der Waals surface area contributed by atoms with Crippen LogP contribution in [0.15, 0.2) is 29.1 Å². The monoisotopic (exact) mass is 462 g/mol. The molecule has 0 saturated carbocycles. The Hall–Kier alpha value is -1.97. The summed E-state index contributed by atoms with van der Waals surface area (Å²) < 4.78 is 1.56. The Morgan fingerprint density at radius 1 is 1.26 bits per heavy atom. The zero-order chi connectivity index (χ0) is 22.3. The van der Waals surface area contributed by atoms with Crippen LogP contribution in [-0.2, 0) is 13.0 Å². The molecule has 31 heavy (non-hydrogen) atoms. The third-order valence-electron chi connectivity index (χ3n) is 5.37. The number of halogens is 1. The highest BCUT2D eigenvalue weighted by atomic mass is 35.5. The summed E-state index contributed by atoms with van der Waals surface area (Å²) in [4.78, 5) is 24.6. The molecular weight excluding hydrogens is 436 g/mol. The second kappa shape index (κ2) is 8.88. The number of hydrogen-bond donors (Lipinski definition) is 2. The van der Waals surface area contributed by atoms with Crippen LogP contribution in [0.1, 0.15) is 24.3 Å². The van der Waals surface area contributed by atoms with Gasteiger partial charge in [0.05, 0.1) is 23.3 Å². The lowest BCUT2D eigenvalue weighted by Gasteiger charge is -2.28. The van der Waals surface area contributed by atoms with Crippen molar-refractivity contribution in [2.75, 3.05) is 31.6 Å². The highest BCUT2D eigenvalue weighted by molar-refractivity contribution is 7.18. The van der Waals surface area contributed by atoms with E-state index >= 15 is 0 Å². The summed E-state index contributed by atoms with van der Waals surface area (Å²) in [5.41, 5.74) is 1.54. The van der Waals surface area contributed by atoms with Gasteiger partial charge in [0.1, 0.15) is 4.83 Å². The van der Waals surface area contributed by atoms with Crippen LogP contribution in [0.25, 0.3) is 15.9 Å². The summed E-state index contributed by atoms with van der Waals surface area (Å²) in [7, 11) is 2.07. The fraction of sp³-hybridized carbons (Fsp3) is 0.455. The van der Waals surface area contributed by atoms with Crippen molar-refractivity contribution in [2.24, 2.45) is 0 Å². The van der Waals surface area contributed by atoms with Crippen LogP contribution in [0.2, 0.25) is 5.02 Å². The summed E-state index contributed by atoms with van der Waals surface area (Å²) in [5, 5.41) is 21.3. The van der Waals surface area contributed by atoms with Gasteiger partial charge in [-0.15, -0.1) is 11.3 Å². The van der Waals surface area contributed by atoms with E-state index < -0.39 is 12.2 Å². The maximum atomic E-state index is 13.9. The van der Waals surface area contributed by atoms with Crippen LogP contribution in [0, 0.1) is 0 Å². The molecule has 0 spiro atoms. The van der Waals surface area contributed by atoms with Crippen molar-refractivity contribution in [3.8, 4) is 5.69 Å². The quantitative estimate of drug-likeness (QED) is 0.586. The van der Waals surface area contributed by atoms with Crippen LogP contribution in [0.4, 0.5) is 5.95 Å². The molecule has 166 valence electrons. The van der Waals surface area contributed by atoms with Crippen molar-refractivity contribution < 1.29 is 10.2 Å². The lowest BCUT2D eigenvalue weighted by atomic mass is 10.1. The number of rotatable bonds is 6. The SMILES string of the molecule is CC(O)CN(CC(C)O)c1nc2sc3c(c2c(=O)n1-c1cccc(Cl)c1)CCN(C)C3. The molecule has 3 aromatic rings. The number of hydrogen-bond acceptors (Lipinski definition) is 7. The topological polar surface area (TPSA) is 81.8 Å². The Balaban J connectivity index is 2.01. The molecule has 2 unspecified atom stereocenters. The van der Waals surface area contributed by atoms with Gasteiger partial charge in [-0.3, -0.25) is 4.79 Å². The molecule has 0 saturated heterocycles. The van der Waals surface area contributed by atoms with Crippen LogP contribution < -0.4 is 10.5 Å². The summed E-state index contributed by atoms with van der Waals surface area (Å²) in [6, 6.07) is 7.10. The number of anilines is 1. The first-order valence-corrected chi connectivity index (χ1v) is 11.6. The number of nitrogens with zero attached hydrogens (tertiary/aromatic N) is 4. The normalized spacial score (nSPS) is 16.3. The van der Waals surface area contributed by atoms with E-state index in [4.69, 9.17) is 16.6 Å². The van der Waals surface area contributed by atoms with Gasteiger partial charge in [0.25, 0.3) is 5.56 Å². The van der Waals surface area contributed by atoms with E-state index in [2.05, 4.69) is 11.9 Å². The van der Waals surface area contributed by atoms with Gasteiger partial charge in [-0.05, 0) is 51.1 Å². The Bertz CT molecular complexity index is 1150. The van der Waals surface area contributed by atoms with Crippen LogP contribution in [0.5, 0.6) is 0 Å². The van der Waals surface area contributed by atoms with Crippen molar-refractivity contribution in [2.45, 2.75) is 39.0 Å². The Morgan fingerprint density at radius 3 is 2.61 bits per heavy atom. The zero-order valence-corrected chi connectivity index (χ0v) is 19.4. The van der Waals surface area contributed by atoms with Gasteiger partial charge >= 0.3 is 0 Å². The van der Waals surface area contributed by atoms with Gasteiger partial charge in [0, 0.05) is 36.1 Å². The summed E-state index contributed by atoms with van der Waals surface area (Å²) in [6.45, 7) is 5.51. The van der Waals surface area contributed by atoms with Crippen molar-refractivity contribution >= 4 is 39.1 Å². The standard InChI is InChI=1S/C22H27ClN4O3S/c1-13(28)10-26(11-14(2)29)22-24-20-19(17-7-8-25(3)12-18(17)31-20)21(30)27(22)16-6-4-5-15(23)9-16/h4-6,9,13-14,28-29H,7-8,10-12H2,1-3H3. The van der Waals surface area contributed by atoms with Crippen LogP contribution >= 0.6 is 22.9 Å². The maximum absolute atomic E-state index is 13.9. The molecule has 0 amide bonds. The third-order valence-corrected chi connectivity index (χ3v) is 6.71. The largest absolute Gasteiger partial charge is 0.392 e. The number of aliphatic hydroxyl groups is 2. The maximum Gasteiger partial charge on any atom is 0.268 e. The fourth-order valence-corrected chi connectivity index (χ4v) is 5.57. The highest BCUT2D eigenvalue weighted by Crippen LogP contribution is 2.34. The van der Waals surface area contributed by atoms with Crippen molar-refractivity contribution in [1.29, 1.82) is 0 Å². The minimum absolute atomic E-state index is 0.148. The first-order valence-electron chi connectivity index (χ1n) is 10.4. The number of aromatic nitrogens is 2. The molecule has 9 heteroatoms. The molecule has 0 aliphatic carbocycles. The number of fused-ring (bicyclic) bond motifs is 3. The number of aliphatic hydroxyl groups excluding tert-OH is 2. The first kappa shape index (κ1) is 22.2. The molecule has 4 rings (SSSR count). The van der Waals surface area contributed by atoms with Crippen molar-refractivity contribution in [1.82, 2.24) is 14.5 Å². The van der Waals surface area contributed by atoms with E-state index in [1.165, 1.54) is 4.88 Å². The molecule has 0 radical (unpaired) electrons. The van der Waals surface area contributed by atoms with Crippen LogP contribution in [-0.4, -0.2) is 63.6 Å². The molecule has 2 atom stereocenters. The second-order valence-electron chi connectivity index (χ2n) is 8.31. The molecule has 2 N–H and O–H groups in total. The average molecular weight is 463 g/mol. The van der Waals surface area contributed by atoms with E-state index in [-0.39, 0.29) is 18.6 Å². The second-order valence-corrected chi connectivity index (χ2v) is 9.83. The number of benzene rings is 1. The molecular formula is C22H27ClN4O3S. The Kier molecular flexibility index (Phi) is 6.37. The highest BCUT2D eigenvalue weighted by Gasteiger charge is 2.27. The number of thiophene rings is 1. The fourth-order valence-electron chi connectivity index (χ4n) is 4.10. The predicted molar refractivity (Wildman–Crippen MR) is 126 cm³/mol. The minimum atomic E-state index is -0.663. The van der Waals surface area contributed by atoms with E-state index in [1.807, 2.05) is 6.07 Å². The van der Waals surface area contributed by atoms with Crippen LogP contribution in [0.3, 0.4) is 0 Å². The van der Waals surface area contributed by atoms with E-state index in [0.717, 1.165) is 25.1 Å². The summed E-state index contributed by atoms with van der Waals surface area (Å²) in [5.74, 6) is 0.397. The molecule has 1 aliphatic heterocycles. The minimum Gasteiger partial charge on any atom is -0.392 e. The van der Waals surface area contributed by atoms with Crippen molar-refractivity contribution in [3.63, 3.8) is 0 Å². The van der Waals surface area contributed by atoms with Gasteiger partial charge in [-0.25, -0.2) is 9.55 Å². The predicted octanol–water partition coefficient (Wildman–Crippen LogP) is 2.66. The molecule has 3 heterocycles. The van der Waals surface area contributed by atoms with Gasteiger partial charge in [-0.2, -0.15) is 0 Å². The van der Waals surface area contributed by atoms with Gasteiger partial charge < -0.3 is 20.0 Å². The average Bonchev–Trinajstić information content (AvgIpc) is 3.04. The first-order chi connectivity index (χ1) is 14.7. The third kappa shape index (κ3) is 4.49. The van der Waals surface area contributed by atoms with E-state index in [9.17, 15) is 15.0 Å². The Labute approximate surface area is 190 Å². The van der Waals surface area contributed by atoms with Gasteiger partial charge in [0.15, 0.2) is 0 Å². The zero-order valence-electron chi connectivity index (χ0n) is 17.9. The lowest BCUT2D eigenvalue weighted by Crippen LogP contribution is -2.40. The summed E-state index contributed by atoms with van der Waals surface area (Å²) >= 11 is 7.79. The van der Waals surface area contributed by atoms with Gasteiger partial charge in [0.2, 0.25) is 5.95 Å². The van der Waals surface area contributed by atoms with E-state index in [0.29, 0.717) is 26.9 Å². The molecule has 1 aliphatic rings. The molecule has 1 aromatic carbocycles. The molecule has 0 fully saturated rings. The van der Waals surface area contributed by atoms with Gasteiger partial charge in [-0.1, -0.05) is 17.7 Å².